The van der Waals surface area contributed by atoms with Gasteiger partial charge in [-0.25, -0.2) is 0 Å². The second kappa shape index (κ2) is 9.59. The van der Waals surface area contributed by atoms with Crippen molar-refractivity contribution < 1.29 is 14.3 Å². The third-order valence-electron chi connectivity index (χ3n) is 4.53. The van der Waals surface area contributed by atoms with E-state index in [1.54, 1.807) is 19.2 Å². The van der Waals surface area contributed by atoms with Crippen molar-refractivity contribution in [3.8, 4) is 5.75 Å². The Morgan fingerprint density at radius 2 is 1.86 bits per heavy atom. The number of para-hydroxylation sites is 1. The van der Waals surface area contributed by atoms with Crippen LogP contribution in [0.25, 0.3) is 0 Å². The molecule has 2 aromatic carbocycles. The maximum absolute atomic E-state index is 11.9. The van der Waals surface area contributed by atoms with Crippen LogP contribution in [0.5, 0.6) is 5.75 Å². The van der Waals surface area contributed by atoms with Gasteiger partial charge in [-0.05, 0) is 29.3 Å². The smallest absolute Gasteiger partial charge is 0.251 e. The first-order valence-corrected chi connectivity index (χ1v) is 9.39. The molecule has 0 fully saturated rings. The number of aliphatic imine (C=N–C) groups is 1. The number of primary amides is 1. The monoisotopic (exact) mass is 395 g/mol. The highest BCUT2D eigenvalue weighted by Crippen LogP contribution is 2.27. The third kappa shape index (κ3) is 5.71. The molecule has 2 amide bonds. The lowest BCUT2D eigenvalue weighted by Crippen LogP contribution is -2.41. The number of hydrogen-bond acceptors (Lipinski definition) is 4. The number of carbonyl (C=O) groups is 2. The Hall–Kier alpha value is -3.55. The summed E-state index contributed by atoms with van der Waals surface area (Å²) in [4.78, 5) is 26.9. The molecule has 0 aliphatic carbocycles. The van der Waals surface area contributed by atoms with Gasteiger partial charge < -0.3 is 26.4 Å². The summed E-state index contributed by atoms with van der Waals surface area (Å²) >= 11 is 0. The molecule has 0 bridgehead atoms. The number of ether oxygens (including phenoxy) is 1. The normalized spacial score (nSPS) is 15.2. The molecule has 1 unspecified atom stereocenters. The standard InChI is InChI=1S/C21H25N5O3/c1-23-21(26-12-17-10-16-4-2-3-5-18(16)29-17)25-11-14-6-8-15(9-7-14)20(28)24-13-19(22)27/h2-9,17H,10-13H2,1H3,(H2,22,27)(H,24,28)(H2,23,25,26). The lowest BCUT2D eigenvalue weighted by molar-refractivity contribution is -0.117. The van der Waals surface area contributed by atoms with Gasteiger partial charge in [0.2, 0.25) is 5.91 Å². The summed E-state index contributed by atoms with van der Waals surface area (Å²) in [5.74, 6) is 0.707. The fourth-order valence-electron chi connectivity index (χ4n) is 3.03. The molecular formula is C21H25N5O3. The Morgan fingerprint density at radius 1 is 1.10 bits per heavy atom. The Balaban J connectivity index is 1.44. The minimum Gasteiger partial charge on any atom is -0.488 e. The van der Waals surface area contributed by atoms with Gasteiger partial charge in [0.1, 0.15) is 11.9 Å². The number of hydrogen-bond donors (Lipinski definition) is 4. The Labute approximate surface area is 169 Å². The van der Waals surface area contributed by atoms with Gasteiger partial charge in [-0.1, -0.05) is 30.3 Å². The van der Waals surface area contributed by atoms with Crippen LogP contribution in [-0.4, -0.2) is 44.0 Å². The topological polar surface area (TPSA) is 118 Å². The van der Waals surface area contributed by atoms with Gasteiger partial charge in [0.05, 0.1) is 13.1 Å². The van der Waals surface area contributed by atoms with E-state index >= 15 is 0 Å². The van der Waals surface area contributed by atoms with Crippen LogP contribution >= 0.6 is 0 Å². The maximum atomic E-state index is 11.9. The molecule has 0 saturated heterocycles. The third-order valence-corrected chi connectivity index (χ3v) is 4.53. The van der Waals surface area contributed by atoms with Crippen molar-refractivity contribution in [1.29, 1.82) is 0 Å². The number of rotatable bonds is 7. The van der Waals surface area contributed by atoms with Gasteiger partial charge in [-0.15, -0.1) is 0 Å². The highest BCUT2D eigenvalue weighted by molar-refractivity contribution is 5.96. The lowest BCUT2D eigenvalue weighted by Gasteiger charge is -2.15. The van der Waals surface area contributed by atoms with E-state index < -0.39 is 5.91 Å². The summed E-state index contributed by atoms with van der Waals surface area (Å²) < 4.78 is 5.92. The van der Waals surface area contributed by atoms with Crippen molar-refractivity contribution in [3.05, 3.63) is 65.2 Å². The van der Waals surface area contributed by atoms with Gasteiger partial charge in [-0.2, -0.15) is 0 Å². The zero-order chi connectivity index (χ0) is 20.6. The first-order chi connectivity index (χ1) is 14.0. The fourth-order valence-corrected chi connectivity index (χ4v) is 3.03. The minimum atomic E-state index is -0.579. The van der Waals surface area contributed by atoms with E-state index in [-0.39, 0.29) is 18.6 Å². The van der Waals surface area contributed by atoms with Crippen LogP contribution in [0.3, 0.4) is 0 Å². The number of carbonyl (C=O) groups excluding carboxylic acids is 2. The van der Waals surface area contributed by atoms with E-state index in [4.69, 9.17) is 10.5 Å². The Bertz CT molecular complexity index is 870. The number of nitrogens with two attached hydrogens (primary N) is 1. The van der Waals surface area contributed by atoms with Gasteiger partial charge in [0.15, 0.2) is 5.96 Å². The van der Waals surface area contributed by atoms with Crippen LogP contribution in [0.2, 0.25) is 0 Å². The van der Waals surface area contributed by atoms with E-state index in [1.807, 2.05) is 30.3 Å². The van der Waals surface area contributed by atoms with Crippen molar-refractivity contribution in [3.63, 3.8) is 0 Å². The predicted molar refractivity (Wildman–Crippen MR) is 111 cm³/mol. The molecular weight excluding hydrogens is 370 g/mol. The molecule has 8 heteroatoms. The first-order valence-electron chi connectivity index (χ1n) is 9.39. The molecule has 1 aliphatic rings. The Morgan fingerprint density at radius 3 is 2.55 bits per heavy atom. The van der Waals surface area contributed by atoms with Gasteiger partial charge in [-0.3, -0.25) is 14.6 Å². The summed E-state index contributed by atoms with van der Waals surface area (Å²) in [7, 11) is 1.71. The molecule has 8 nitrogen and oxygen atoms in total. The average Bonchev–Trinajstić information content (AvgIpc) is 3.15. The van der Waals surface area contributed by atoms with Crippen molar-refractivity contribution in [2.45, 2.75) is 19.1 Å². The van der Waals surface area contributed by atoms with E-state index in [0.717, 1.165) is 17.7 Å². The average molecular weight is 395 g/mol. The van der Waals surface area contributed by atoms with E-state index in [9.17, 15) is 9.59 Å². The van der Waals surface area contributed by atoms with Crippen molar-refractivity contribution >= 4 is 17.8 Å². The fraction of sp³-hybridized carbons (Fsp3) is 0.286. The molecule has 0 saturated carbocycles. The molecule has 1 atom stereocenters. The van der Waals surface area contributed by atoms with Gasteiger partial charge >= 0.3 is 0 Å². The summed E-state index contributed by atoms with van der Waals surface area (Å²) in [5, 5.41) is 8.98. The van der Waals surface area contributed by atoms with Crippen LogP contribution in [0.1, 0.15) is 21.5 Å². The SMILES string of the molecule is CN=C(NCc1ccc(C(=O)NCC(N)=O)cc1)NCC1Cc2ccccc2O1. The number of benzene rings is 2. The van der Waals surface area contributed by atoms with Crippen LogP contribution in [0.4, 0.5) is 0 Å². The molecule has 29 heavy (non-hydrogen) atoms. The summed E-state index contributed by atoms with van der Waals surface area (Å²) in [6.45, 7) is 1.02. The highest BCUT2D eigenvalue weighted by Gasteiger charge is 2.22. The Kier molecular flexibility index (Phi) is 6.67. The molecule has 152 valence electrons. The molecule has 2 aromatic rings. The van der Waals surface area contributed by atoms with Crippen LogP contribution < -0.4 is 26.4 Å². The lowest BCUT2D eigenvalue weighted by atomic mass is 10.1. The largest absolute Gasteiger partial charge is 0.488 e. The van der Waals surface area contributed by atoms with Gasteiger partial charge in [0, 0.05) is 25.6 Å². The summed E-state index contributed by atoms with van der Waals surface area (Å²) in [6.07, 6.45) is 0.948. The number of amides is 2. The zero-order valence-corrected chi connectivity index (χ0v) is 16.3. The number of nitrogens with one attached hydrogen (secondary N) is 3. The maximum Gasteiger partial charge on any atom is 0.251 e. The van der Waals surface area contributed by atoms with Crippen LogP contribution in [0, 0.1) is 0 Å². The molecule has 5 N–H and O–H groups in total. The van der Waals surface area contributed by atoms with Crippen LogP contribution in [-0.2, 0) is 17.8 Å². The van der Waals surface area contributed by atoms with Crippen LogP contribution in [0.15, 0.2) is 53.5 Å². The second-order valence-electron chi connectivity index (χ2n) is 6.70. The second-order valence-corrected chi connectivity index (χ2v) is 6.70. The zero-order valence-electron chi connectivity index (χ0n) is 16.3. The summed E-state index contributed by atoms with van der Waals surface area (Å²) in [5.41, 5.74) is 7.71. The van der Waals surface area contributed by atoms with Crippen molar-refractivity contribution in [1.82, 2.24) is 16.0 Å². The first kappa shape index (κ1) is 20.2. The molecule has 1 aliphatic heterocycles. The highest BCUT2D eigenvalue weighted by atomic mass is 16.5. The summed E-state index contributed by atoms with van der Waals surface area (Å²) in [6, 6.07) is 15.2. The minimum absolute atomic E-state index is 0.0733. The van der Waals surface area contributed by atoms with Crippen molar-refractivity contribution in [2.24, 2.45) is 10.7 Å². The number of guanidine groups is 1. The number of fused-ring (bicyclic) bond motifs is 1. The van der Waals surface area contributed by atoms with E-state index in [2.05, 4.69) is 27.0 Å². The number of nitrogens with zero attached hydrogens (tertiary/aromatic N) is 1. The van der Waals surface area contributed by atoms with Gasteiger partial charge in [0.25, 0.3) is 5.91 Å². The molecule has 3 rings (SSSR count). The molecule has 0 radical (unpaired) electrons. The van der Waals surface area contributed by atoms with E-state index in [1.165, 1.54) is 5.56 Å². The van der Waals surface area contributed by atoms with Crippen molar-refractivity contribution in [2.75, 3.05) is 20.1 Å². The van der Waals surface area contributed by atoms with E-state index in [0.29, 0.717) is 24.6 Å². The quantitative estimate of drug-likeness (QED) is 0.404. The molecule has 0 spiro atoms. The predicted octanol–water partition coefficient (Wildman–Crippen LogP) is 0.570. The molecule has 0 aromatic heterocycles. The molecule has 1 heterocycles.